The van der Waals surface area contributed by atoms with E-state index in [1.54, 1.807) is 6.08 Å². The van der Waals surface area contributed by atoms with Crippen LogP contribution >= 0.6 is 0 Å². The fraction of sp³-hybridized carbons (Fsp3) is 0.318. The predicted octanol–water partition coefficient (Wildman–Crippen LogP) is 2.05. The van der Waals surface area contributed by atoms with Crippen LogP contribution in [-0.4, -0.2) is 41.8 Å². The van der Waals surface area contributed by atoms with Gasteiger partial charge in [0, 0.05) is 37.0 Å². The normalized spacial score (nSPS) is 23.4. The number of carbonyl (C=O) groups is 1. The second-order valence-corrected chi connectivity index (χ2v) is 7.27. The summed E-state index contributed by atoms with van der Waals surface area (Å²) >= 11 is 0. The third-order valence-corrected chi connectivity index (χ3v) is 5.42. The average molecular weight is 379 g/mol. The third-order valence-electron chi connectivity index (χ3n) is 5.42. The molecule has 2 aliphatic heterocycles. The van der Waals surface area contributed by atoms with E-state index in [1.165, 1.54) is 6.08 Å². The molecule has 1 fully saturated rings. The first-order valence-corrected chi connectivity index (χ1v) is 9.56. The molecule has 4 rings (SSSR count). The molecule has 2 aliphatic rings. The van der Waals surface area contributed by atoms with Gasteiger partial charge in [-0.25, -0.2) is 4.79 Å². The van der Waals surface area contributed by atoms with E-state index < -0.39 is 11.6 Å². The lowest BCUT2D eigenvalue weighted by Gasteiger charge is -2.28. The summed E-state index contributed by atoms with van der Waals surface area (Å²) in [6, 6.07) is 16.0. The molecule has 146 valence electrons. The lowest BCUT2D eigenvalue weighted by Crippen LogP contribution is -2.42. The van der Waals surface area contributed by atoms with Crippen LogP contribution in [-0.2, 0) is 21.7 Å². The number of esters is 1. The zero-order valence-corrected chi connectivity index (χ0v) is 15.7. The van der Waals surface area contributed by atoms with Gasteiger partial charge in [-0.05, 0) is 29.7 Å². The molecule has 2 aromatic rings. The molecular formula is C22H25N3O3. The van der Waals surface area contributed by atoms with Crippen LogP contribution in [0.5, 0.6) is 0 Å². The van der Waals surface area contributed by atoms with Crippen molar-refractivity contribution < 1.29 is 14.6 Å². The summed E-state index contributed by atoms with van der Waals surface area (Å²) in [5.74, 6) is -0.391. The Hall–Kier alpha value is -2.67. The summed E-state index contributed by atoms with van der Waals surface area (Å²) in [6.07, 6.45) is 3.74. The van der Waals surface area contributed by atoms with Crippen LogP contribution in [0.25, 0.3) is 6.08 Å². The number of fused-ring (bicyclic) bond motifs is 3. The van der Waals surface area contributed by atoms with E-state index in [2.05, 4.69) is 10.2 Å². The lowest BCUT2D eigenvalue weighted by atomic mass is 9.93. The summed E-state index contributed by atoms with van der Waals surface area (Å²) in [6.45, 7) is 2.12. The summed E-state index contributed by atoms with van der Waals surface area (Å²) < 4.78 is 4.91. The molecule has 0 radical (unpaired) electrons. The van der Waals surface area contributed by atoms with Crippen LogP contribution in [0, 0.1) is 0 Å². The molecule has 4 N–H and O–H groups in total. The van der Waals surface area contributed by atoms with E-state index in [9.17, 15) is 9.90 Å². The molecule has 0 amide bonds. The van der Waals surface area contributed by atoms with Crippen molar-refractivity contribution in [2.45, 2.75) is 24.7 Å². The Morgan fingerprint density at radius 1 is 1.29 bits per heavy atom. The molecule has 2 atom stereocenters. The van der Waals surface area contributed by atoms with Crippen molar-refractivity contribution in [1.82, 2.24) is 4.90 Å². The number of carbonyl (C=O) groups excluding carboxylic acids is 1. The van der Waals surface area contributed by atoms with Crippen LogP contribution < -0.4 is 11.1 Å². The Bertz CT molecular complexity index is 881. The SMILES string of the molecule is NCCOC(=O)/C=C/c1ccc(CN2CCC3(O)c4ccccc4NC23)cc1. The molecule has 0 saturated carbocycles. The Kier molecular flexibility index (Phi) is 5.17. The van der Waals surface area contributed by atoms with E-state index in [1.807, 2.05) is 48.5 Å². The number of hydrogen-bond donors (Lipinski definition) is 3. The number of nitrogens with one attached hydrogen (secondary N) is 1. The lowest BCUT2D eigenvalue weighted by molar-refractivity contribution is -0.137. The smallest absolute Gasteiger partial charge is 0.330 e. The number of benzene rings is 2. The van der Waals surface area contributed by atoms with Crippen molar-refractivity contribution in [3.63, 3.8) is 0 Å². The quantitative estimate of drug-likeness (QED) is 0.526. The Balaban J connectivity index is 1.39. The zero-order valence-electron chi connectivity index (χ0n) is 15.7. The molecule has 0 spiro atoms. The fourth-order valence-corrected chi connectivity index (χ4v) is 4.02. The van der Waals surface area contributed by atoms with Crippen molar-refractivity contribution in [2.24, 2.45) is 5.73 Å². The Morgan fingerprint density at radius 3 is 2.86 bits per heavy atom. The molecule has 2 unspecified atom stereocenters. The first-order valence-electron chi connectivity index (χ1n) is 9.56. The number of para-hydroxylation sites is 1. The summed E-state index contributed by atoms with van der Waals surface area (Å²) in [5, 5.41) is 14.7. The van der Waals surface area contributed by atoms with E-state index in [0.29, 0.717) is 13.0 Å². The highest BCUT2D eigenvalue weighted by atomic mass is 16.5. The molecule has 2 heterocycles. The van der Waals surface area contributed by atoms with Gasteiger partial charge in [-0.15, -0.1) is 0 Å². The monoisotopic (exact) mass is 379 g/mol. The number of aliphatic hydroxyl groups is 1. The topological polar surface area (TPSA) is 87.8 Å². The molecule has 6 nitrogen and oxygen atoms in total. The summed E-state index contributed by atoms with van der Waals surface area (Å²) in [5.41, 5.74) is 8.57. The third kappa shape index (κ3) is 3.54. The zero-order chi connectivity index (χ0) is 19.6. The molecule has 0 aliphatic carbocycles. The first kappa shape index (κ1) is 18.7. The molecule has 28 heavy (non-hydrogen) atoms. The van der Waals surface area contributed by atoms with Crippen molar-refractivity contribution in [3.05, 3.63) is 71.3 Å². The van der Waals surface area contributed by atoms with Gasteiger partial charge in [-0.2, -0.15) is 0 Å². The van der Waals surface area contributed by atoms with Crippen molar-refractivity contribution in [3.8, 4) is 0 Å². The molecular weight excluding hydrogens is 354 g/mol. The van der Waals surface area contributed by atoms with Gasteiger partial charge in [0.1, 0.15) is 18.4 Å². The van der Waals surface area contributed by atoms with Gasteiger partial charge in [-0.3, -0.25) is 4.90 Å². The van der Waals surface area contributed by atoms with E-state index in [-0.39, 0.29) is 12.8 Å². The number of nitrogens with two attached hydrogens (primary N) is 1. The maximum absolute atomic E-state index is 11.5. The minimum atomic E-state index is -0.830. The highest BCUT2D eigenvalue weighted by Gasteiger charge is 2.52. The second-order valence-electron chi connectivity index (χ2n) is 7.27. The van der Waals surface area contributed by atoms with Gasteiger partial charge in [0.15, 0.2) is 0 Å². The standard InChI is InChI=1S/C22H25N3O3/c23-12-14-28-20(26)10-9-16-5-7-17(8-6-16)15-25-13-11-22(27)18-3-1-2-4-19(18)24-21(22)25/h1-10,21,24,27H,11-15,23H2/b10-9+. The highest BCUT2D eigenvalue weighted by Crippen LogP contribution is 2.46. The van der Waals surface area contributed by atoms with E-state index in [0.717, 1.165) is 35.5 Å². The van der Waals surface area contributed by atoms with Crippen LogP contribution in [0.15, 0.2) is 54.6 Å². The minimum absolute atomic E-state index is 0.109. The van der Waals surface area contributed by atoms with Gasteiger partial charge < -0.3 is 20.9 Å². The largest absolute Gasteiger partial charge is 0.461 e. The number of nitrogens with zero attached hydrogens (tertiary/aromatic N) is 1. The molecule has 2 aromatic carbocycles. The average Bonchev–Trinajstić information content (AvgIpc) is 3.18. The van der Waals surface area contributed by atoms with Crippen LogP contribution in [0.1, 0.15) is 23.1 Å². The molecule has 1 saturated heterocycles. The minimum Gasteiger partial charge on any atom is -0.461 e. The van der Waals surface area contributed by atoms with Crippen LogP contribution in [0.2, 0.25) is 0 Å². The number of hydrogen-bond acceptors (Lipinski definition) is 6. The van der Waals surface area contributed by atoms with Gasteiger partial charge in [0.05, 0.1) is 0 Å². The molecule has 6 heteroatoms. The number of likely N-dealkylation sites (tertiary alicyclic amines) is 1. The highest BCUT2D eigenvalue weighted by molar-refractivity contribution is 5.87. The summed E-state index contributed by atoms with van der Waals surface area (Å²) in [4.78, 5) is 13.8. The first-order chi connectivity index (χ1) is 13.6. The maximum atomic E-state index is 11.5. The number of ether oxygens (including phenoxy) is 1. The van der Waals surface area contributed by atoms with Crippen LogP contribution in [0.4, 0.5) is 5.69 Å². The molecule has 0 aromatic heterocycles. The van der Waals surface area contributed by atoms with Gasteiger partial charge in [0.25, 0.3) is 0 Å². The Morgan fingerprint density at radius 2 is 2.07 bits per heavy atom. The van der Waals surface area contributed by atoms with Gasteiger partial charge in [0.2, 0.25) is 0 Å². The second kappa shape index (κ2) is 7.75. The predicted molar refractivity (Wildman–Crippen MR) is 108 cm³/mol. The number of anilines is 1. The summed E-state index contributed by atoms with van der Waals surface area (Å²) in [7, 11) is 0. The maximum Gasteiger partial charge on any atom is 0.330 e. The molecule has 0 bridgehead atoms. The Labute approximate surface area is 164 Å². The van der Waals surface area contributed by atoms with Crippen molar-refractivity contribution >= 4 is 17.7 Å². The van der Waals surface area contributed by atoms with E-state index in [4.69, 9.17) is 10.5 Å². The van der Waals surface area contributed by atoms with Gasteiger partial charge >= 0.3 is 5.97 Å². The van der Waals surface area contributed by atoms with Crippen molar-refractivity contribution in [2.75, 3.05) is 25.0 Å². The number of rotatable bonds is 6. The van der Waals surface area contributed by atoms with Gasteiger partial charge in [-0.1, -0.05) is 42.5 Å². The van der Waals surface area contributed by atoms with E-state index >= 15 is 0 Å². The fourth-order valence-electron chi connectivity index (χ4n) is 4.02. The van der Waals surface area contributed by atoms with Crippen molar-refractivity contribution in [1.29, 1.82) is 0 Å². The van der Waals surface area contributed by atoms with Crippen LogP contribution in [0.3, 0.4) is 0 Å².